The highest BCUT2D eigenvalue weighted by molar-refractivity contribution is 6.04. The molecule has 0 aliphatic carbocycles. The van der Waals surface area contributed by atoms with Gasteiger partial charge in [0.1, 0.15) is 0 Å². The number of nitrogens with zero attached hydrogens (tertiary/aromatic N) is 1. The number of carbonyl (C=O) groups excluding carboxylic acids is 3. The summed E-state index contributed by atoms with van der Waals surface area (Å²) in [4.78, 5) is 37.9. The van der Waals surface area contributed by atoms with Gasteiger partial charge in [0, 0.05) is 30.5 Å². The first-order valence-electron chi connectivity index (χ1n) is 12.2. The number of aliphatic hydroxyl groups is 1. The van der Waals surface area contributed by atoms with Gasteiger partial charge in [0.15, 0.2) is 0 Å². The van der Waals surface area contributed by atoms with E-state index in [1.54, 1.807) is 22.5 Å². The van der Waals surface area contributed by atoms with Crippen LogP contribution in [0.4, 0.5) is 11.4 Å². The molecule has 0 saturated heterocycles. The first-order valence-corrected chi connectivity index (χ1v) is 12.2. The lowest BCUT2D eigenvalue weighted by molar-refractivity contribution is -0.129. The summed E-state index contributed by atoms with van der Waals surface area (Å²) in [7, 11) is 0. The van der Waals surface area contributed by atoms with Crippen molar-refractivity contribution in [3.63, 3.8) is 0 Å². The van der Waals surface area contributed by atoms with Gasteiger partial charge in [-0.3, -0.25) is 19.6 Å². The Kier molecular flexibility index (Phi) is 10.4. The zero-order chi connectivity index (χ0) is 25.8. The van der Waals surface area contributed by atoms with Crippen molar-refractivity contribution in [3.05, 3.63) is 72.3 Å². The van der Waals surface area contributed by atoms with Crippen LogP contribution >= 0.6 is 0 Å². The molecule has 0 aliphatic rings. The molecule has 0 aliphatic heterocycles. The number of nitrogens with one attached hydrogen (secondary N) is 2. The summed E-state index contributed by atoms with van der Waals surface area (Å²) in [6.45, 7) is 0.0630. The molecule has 3 aromatic rings. The van der Waals surface area contributed by atoms with E-state index < -0.39 is 5.91 Å². The summed E-state index contributed by atoms with van der Waals surface area (Å²) in [5.41, 5.74) is 3.85. The zero-order valence-corrected chi connectivity index (χ0v) is 20.3. The third kappa shape index (κ3) is 7.90. The van der Waals surface area contributed by atoms with Crippen LogP contribution in [0.5, 0.6) is 0 Å². The Balaban J connectivity index is 1.51. The van der Waals surface area contributed by atoms with Gasteiger partial charge in [-0.25, -0.2) is 5.48 Å². The van der Waals surface area contributed by atoms with E-state index >= 15 is 0 Å². The lowest BCUT2D eigenvalue weighted by Gasteiger charge is -2.24. The van der Waals surface area contributed by atoms with Crippen molar-refractivity contribution in [1.29, 1.82) is 0 Å². The molecule has 8 heteroatoms. The smallest absolute Gasteiger partial charge is 0.243 e. The third-order valence-electron chi connectivity index (χ3n) is 5.96. The molecule has 36 heavy (non-hydrogen) atoms. The molecule has 0 bridgehead atoms. The van der Waals surface area contributed by atoms with Gasteiger partial charge < -0.3 is 15.3 Å². The van der Waals surface area contributed by atoms with Gasteiger partial charge in [-0.05, 0) is 42.0 Å². The Morgan fingerprint density at radius 3 is 2.14 bits per heavy atom. The van der Waals surface area contributed by atoms with E-state index in [-0.39, 0.29) is 37.8 Å². The molecule has 0 saturated carbocycles. The van der Waals surface area contributed by atoms with Gasteiger partial charge in [0.2, 0.25) is 17.7 Å². The number of anilines is 2. The van der Waals surface area contributed by atoms with Crippen molar-refractivity contribution in [3.8, 4) is 0 Å². The number of fused-ring (bicyclic) bond motifs is 1. The molecule has 190 valence electrons. The van der Waals surface area contributed by atoms with Crippen molar-refractivity contribution in [1.82, 2.24) is 5.48 Å². The topological polar surface area (TPSA) is 119 Å². The highest BCUT2D eigenvalue weighted by Crippen LogP contribution is 2.27. The Morgan fingerprint density at radius 2 is 1.44 bits per heavy atom. The largest absolute Gasteiger partial charge is 0.395 e. The van der Waals surface area contributed by atoms with Gasteiger partial charge >= 0.3 is 0 Å². The molecule has 0 fully saturated rings. The Hall–Kier alpha value is -3.75. The molecular formula is C28H33N3O5. The highest BCUT2D eigenvalue weighted by Gasteiger charge is 2.18. The maximum Gasteiger partial charge on any atom is 0.243 e. The van der Waals surface area contributed by atoms with Crippen LogP contribution < -0.4 is 15.7 Å². The normalized spacial score (nSPS) is 10.7. The lowest BCUT2D eigenvalue weighted by Crippen LogP contribution is -2.34. The van der Waals surface area contributed by atoms with Crippen LogP contribution in [0.1, 0.15) is 44.1 Å². The molecule has 0 heterocycles. The minimum absolute atomic E-state index is 0.0861. The molecule has 3 amide bonds. The maximum absolute atomic E-state index is 13.2. The van der Waals surface area contributed by atoms with Crippen LogP contribution in [-0.4, -0.2) is 41.2 Å². The third-order valence-corrected chi connectivity index (χ3v) is 5.96. The highest BCUT2D eigenvalue weighted by atomic mass is 16.5. The number of carbonyl (C=O) groups is 3. The predicted octanol–water partition coefficient (Wildman–Crippen LogP) is 4.19. The van der Waals surface area contributed by atoms with Crippen LogP contribution in [0.15, 0.2) is 66.7 Å². The van der Waals surface area contributed by atoms with Crippen LogP contribution in [0, 0.1) is 0 Å². The molecule has 0 radical (unpaired) electrons. The van der Waals surface area contributed by atoms with E-state index in [0.717, 1.165) is 34.9 Å². The van der Waals surface area contributed by atoms with Crippen molar-refractivity contribution in [2.75, 3.05) is 23.4 Å². The van der Waals surface area contributed by atoms with Crippen LogP contribution in [0.3, 0.4) is 0 Å². The molecule has 0 aromatic heterocycles. The number of unbranched alkanes of at least 4 members (excludes halogenated alkanes) is 3. The molecule has 8 nitrogen and oxygen atoms in total. The zero-order valence-electron chi connectivity index (χ0n) is 20.3. The van der Waals surface area contributed by atoms with E-state index in [2.05, 4.69) is 5.32 Å². The number of hydrogen-bond acceptors (Lipinski definition) is 5. The molecule has 3 rings (SSSR count). The molecule has 0 atom stereocenters. The summed E-state index contributed by atoms with van der Waals surface area (Å²) in [5.74, 6) is -0.599. The first kappa shape index (κ1) is 26.8. The Labute approximate surface area is 210 Å². The van der Waals surface area contributed by atoms with E-state index in [9.17, 15) is 19.5 Å². The second kappa shape index (κ2) is 14.0. The van der Waals surface area contributed by atoms with Gasteiger partial charge in [-0.15, -0.1) is 0 Å². The minimum atomic E-state index is -0.396. The molecule has 0 unspecified atom stereocenters. The average molecular weight is 492 g/mol. The van der Waals surface area contributed by atoms with Crippen LogP contribution in [0.2, 0.25) is 0 Å². The van der Waals surface area contributed by atoms with E-state index in [0.29, 0.717) is 24.9 Å². The predicted molar refractivity (Wildman–Crippen MR) is 140 cm³/mol. The SMILES string of the molecule is O=C(CCCCCCC(=O)Nc1ccc(CC(=O)N(CCO)c2cccc3ccccc23)cc1)NO. The maximum atomic E-state index is 13.2. The van der Waals surface area contributed by atoms with Crippen molar-refractivity contribution in [2.45, 2.75) is 44.9 Å². The standard InChI is InChI=1S/C28H33N3O5/c32-19-18-31(25-11-7-9-22-8-5-6-10-24(22)25)28(35)20-21-14-16-23(17-15-21)29-26(33)12-3-1-2-4-13-27(34)30-36/h5-11,14-17,32,36H,1-4,12-13,18-20H2,(H,29,33)(H,30,34). The number of hydrogen-bond donors (Lipinski definition) is 4. The summed E-state index contributed by atoms with van der Waals surface area (Å²) in [6, 6.07) is 20.8. The van der Waals surface area contributed by atoms with Gasteiger partial charge in [-0.2, -0.15) is 0 Å². The monoisotopic (exact) mass is 491 g/mol. The Morgan fingerprint density at radius 1 is 0.778 bits per heavy atom. The summed E-state index contributed by atoms with van der Waals surface area (Å²) >= 11 is 0. The quantitative estimate of drug-likeness (QED) is 0.162. The van der Waals surface area contributed by atoms with E-state index in [1.807, 2.05) is 54.6 Å². The fourth-order valence-electron chi connectivity index (χ4n) is 4.10. The summed E-state index contributed by atoms with van der Waals surface area (Å²) in [6.07, 6.45) is 3.86. The fourth-order valence-corrected chi connectivity index (χ4v) is 4.10. The van der Waals surface area contributed by atoms with Crippen molar-refractivity contribution < 1.29 is 24.7 Å². The Bertz CT molecular complexity index is 1160. The molecule has 3 aromatic carbocycles. The second-order valence-corrected chi connectivity index (χ2v) is 8.64. The second-order valence-electron chi connectivity index (χ2n) is 8.64. The van der Waals surface area contributed by atoms with E-state index in [4.69, 9.17) is 5.21 Å². The van der Waals surface area contributed by atoms with E-state index in [1.165, 1.54) is 0 Å². The summed E-state index contributed by atoms with van der Waals surface area (Å²) < 4.78 is 0. The number of hydroxylamine groups is 1. The number of amides is 3. The number of benzene rings is 3. The van der Waals surface area contributed by atoms with Gasteiger partial charge in [0.25, 0.3) is 0 Å². The fraction of sp³-hybridized carbons (Fsp3) is 0.321. The van der Waals surface area contributed by atoms with Gasteiger partial charge in [0.05, 0.1) is 18.7 Å². The van der Waals surface area contributed by atoms with Crippen LogP contribution in [-0.2, 0) is 20.8 Å². The molecule has 0 spiro atoms. The number of aliphatic hydroxyl groups excluding tert-OH is 1. The van der Waals surface area contributed by atoms with Crippen LogP contribution in [0.25, 0.3) is 10.8 Å². The summed E-state index contributed by atoms with van der Waals surface area (Å²) in [5, 5.41) is 22.9. The first-order chi connectivity index (χ1) is 17.5. The lowest BCUT2D eigenvalue weighted by atomic mass is 10.1. The molecule has 4 N–H and O–H groups in total. The van der Waals surface area contributed by atoms with Crippen molar-refractivity contribution in [2.24, 2.45) is 0 Å². The average Bonchev–Trinajstić information content (AvgIpc) is 2.90. The van der Waals surface area contributed by atoms with Gasteiger partial charge in [-0.1, -0.05) is 61.4 Å². The minimum Gasteiger partial charge on any atom is -0.395 e. The number of rotatable bonds is 13. The van der Waals surface area contributed by atoms with Crippen molar-refractivity contribution >= 4 is 39.9 Å². The molecular weight excluding hydrogens is 458 g/mol.